The van der Waals surface area contributed by atoms with Gasteiger partial charge in [-0.15, -0.1) is 0 Å². The molecule has 0 nitrogen and oxygen atoms in total. The minimum Gasteiger partial charge on any atom is -0.0798 e. The molecular weight excluding hydrogens is 420 g/mol. The van der Waals surface area contributed by atoms with Gasteiger partial charge in [-0.2, -0.15) is 0 Å². The van der Waals surface area contributed by atoms with Crippen LogP contribution < -0.4 is 0 Å². The Bertz CT molecular complexity index is 1420. The third-order valence-corrected chi connectivity index (χ3v) is 7.71. The van der Waals surface area contributed by atoms with E-state index in [1.807, 2.05) is 0 Å². The molecule has 1 saturated carbocycles. The number of benzene rings is 4. The highest BCUT2D eigenvalue weighted by molar-refractivity contribution is 5.78. The summed E-state index contributed by atoms with van der Waals surface area (Å²) in [5, 5.41) is 0. The summed E-state index contributed by atoms with van der Waals surface area (Å²) in [7, 11) is 0. The van der Waals surface area contributed by atoms with Crippen molar-refractivity contribution < 1.29 is 0 Å². The molecule has 4 aromatic carbocycles. The van der Waals surface area contributed by atoms with Crippen LogP contribution in [0.1, 0.15) is 42.4 Å². The second-order valence-electron chi connectivity index (χ2n) is 9.67. The van der Waals surface area contributed by atoms with Crippen molar-refractivity contribution in [1.29, 1.82) is 0 Å². The molecule has 35 heavy (non-hydrogen) atoms. The second kappa shape index (κ2) is 9.39. The Hall–Kier alpha value is -3.90. The normalized spacial score (nSPS) is 19.0. The van der Waals surface area contributed by atoms with Crippen LogP contribution in [-0.4, -0.2) is 0 Å². The summed E-state index contributed by atoms with van der Waals surface area (Å²) in [5.74, 6) is 1.32. The van der Waals surface area contributed by atoms with E-state index < -0.39 is 0 Å². The first-order valence-electron chi connectivity index (χ1n) is 12.7. The minimum absolute atomic E-state index is 0.656. The Morgan fingerprint density at radius 1 is 0.657 bits per heavy atom. The summed E-state index contributed by atoms with van der Waals surface area (Å²) < 4.78 is 0. The average molecular weight is 451 g/mol. The molecule has 4 aromatic rings. The van der Waals surface area contributed by atoms with E-state index in [1.165, 1.54) is 62.9 Å². The van der Waals surface area contributed by atoms with Gasteiger partial charge in [0.1, 0.15) is 0 Å². The molecule has 0 bridgehead atoms. The topological polar surface area (TPSA) is 0 Å². The lowest BCUT2D eigenvalue weighted by Gasteiger charge is -2.42. The first-order chi connectivity index (χ1) is 17.3. The van der Waals surface area contributed by atoms with E-state index in [1.54, 1.807) is 0 Å². The summed E-state index contributed by atoms with van der Waals surface area (Å²) in [6, 6.07) is 37.3. The lowest BCUT2D eigenvalue weighted by Crippen LogP contribution is -2.28. The molecule has 2 atom stereocenters. The van der Waals surface area contributed by atoms with E-state index in [9.17, 15) is 0 Å². The van der Waals surface area contributed by atoms with Gasteiger partial charge < -0.3 is 0 Å². The van der Waals surface area contributed by atoms with Gasteiger partial charge in [-0.3, -0.25) is 0 Å². The molecule has 1 fully saturated rings. The number of hydrogen-bond donors (Lipinski definition) is 0. The summed E-state index contributed by atoms with van der Waals surface area (Å²) >= 11 is 0. The second-order valence-corrected chi connectivity index (χ2v) is 9.67. The SMILES string of the molecule is C/C=C(\C=C/C1=Cc2cc(-c3ccc(-c4ccccc4)cc3)ccc2C2CCC12)c1ccccc1. The van der Waals surface area contributed by atoms with E-state index in [0.717, 1.165) is 0 Å². The van der Waals surface area contributed by atoms with Crippen LogP contribution in [0.2, 0.25) is 0 Å². The van der Waals surface area contributed by atoms with Gasteiger partial charge in [-0.05, 0) is 87.8 Å². The maximum absolute atomic E-state index is 2.44. The van der Waals surface area contributed by atoms with Crippen LogP contribution in [-0.2, 0) is 0 Å². The van der Waals surface area contributed by atoms with E-state index in [2.05, 4.69) is 134 Å². The number of rotatable bonds is 5. The molecule has 170 valence electrons. The lowest BCUT2D eigenvalue weighted by atomic mass is 9.62. The molecule has 2 aliphatic carbocycles. The highest BCUT2D eigenvalue weighted by atomic mass is 14.4. The Morgan fingerprint density at radius 3 is 1.91 bits per heavy atom. The van der Waals surface area contributed by atoms with Crippen LogP contribution >= 0.6 is 0 Å². The van der Waals surface area contributed by atoms with Gasteiger partial charge in [0.25, 0.3) is 0 Å². The van der Waals surface area contributed by atoms with Crippen LogP contribution in [0.3, 0.4) is 0 Å². The minimum atomic E-state index is 0.656. The zero-order valence-electron chi connectivity index (χ0n) is 20.2. The summed E-state index contributed by atoms with van der Waals surface area (Å²) in [6.07, 6.45) is 11.9. The van der Waals surface area contributed by atoms with Crippen molar-refractivity contribution in [3.8, 4) is 22.3 Å². The van der Waals surface area contributed by atoms with Crippen LogP contribution in [0.5, 0.6) is 0 Å². The van der Waals surface area contributed by atoms with Gasteiger partial charge in [0, 0.05) is 0 Å². The highest BCUT2D eigenvalue weighted by Crippen LogP contribution is 2.52. The standard InChI is InChI=1S/C35H30/c1-2-25(26-9-5-3-6-10-26)13-18-31-24-32-23-30(19-20-34(32)35-22-21-33(31)35)29-16-14-28(15-17-29)27-11-7-4-8-12-27/h2-20,23-24,33,35H,21-22H2,1H3/b18-13-,25-2+. The molecular formula is C35H30. The Labute approximate surface area is 209 Å². The van der Waals surface area contributed by atoms with Crippen molar-refractivity contribution in [2.75, 3.05) is 0 Å². The number of hydrogen-bond acceptors (Lipinski definition) is 0. The van der Waals surface area contributed by atoms with Crippen molar-refractivity contribution in [2.45, 2.75) is 25.7 Å². The summed E-state index contributed by atoms with van der Waals surface area (Å²) in [6.45, 7) is 2.12. The molecule has 0 heterocycles. The maximum atomic E-state index is 2.44. The fraction of sp³-hybridized carbons (Fsp3) is 0.143. The quantitative estimate of drug-likeness (QED) is 0.266. The third-order valence-electron chi connectivity index (χ3n) is 7.71. The van der Waals surface area contributed by atoms with Crippen LogP contribution in [0.25, 0.3) is 33.9 Å². The van der Waals surface area contributed by atoms with Gasteiger partial charge in [-0.25, -0.2) is 0 Å². The summed E-state index contributed by atoms with van der Waals surface area (Å²) in [4.78, 5) is 0. The van der Waals surface area contributed by atoms with Crippen molar-refractivity contribution in [1.82, 2.24) is 0 Å². The molecule has 0 spiro atoms. The first kappa shape index (κ1) is 21.6. The van der Waals surface area contributed by atoms with Crippen molar-refractivity contribution in [3.63, 3.8) is 0 Å². The molecule has 0 N–H and O–H groups in total. The largest absolute Gasteiger partial charge is 0.0798 e. The molecule has 0 aromatic heterocycles. The van der Waals surface area contributed by atoms with Crippen LogP contribution in [0.15, 0.2) is 127 Å². The Morgan fingerprint density at radius 2 is 1.26 bits per heavy atom. The Balaban J connectivity index is 1.30. The molecule has 6 rings (SSSR count). The highest BCUT2D eigenvalue weighted by Gasteiger charge is 2.37. The molecule has 0 radical (unpaired) electrons. The van der Waals surface area contributed by atoms with Crippen LogP contribution in [0.4, 0.5) is 0 Å². The predicted octanol–water partition coefficient (Wildman–Crippen LogP) is 9.57. The van der Waals surface area contributed by atoms with E-state index in [0.29, 0.717) is 11.8 Å². The van der Waals surface area contributed by atoms with E-state index in [-0.39, 0.29) is 0 Å². The number of fused-ring (bicyclic) bond motifs is 3. The Kier molecular flexibility index (Phi) is 5.80. The molecule has 0 heteroatoms. The van der Waals surface area contributed by atoms with Gasteiger partial charge >= 0.3 is 0 Å². The first-order valence-corrected chi connectivity index (χ1v) is 12.7. The maximum Gasteiger partial charge on any atom is -0.00869 e. The molecule has 0 aliphatic heterocycles. The monoisotopic (exact) mass is 450 g/mol. The van der Waals surface area contributed by atoms with E-state index >= 15 is 0 Å². The summed E-state index contributed by atoms with van der Waals surface area (Å²) in [5.41, 5.74) is 12.0. The average Bonchev–Trinajstić information content (AvgIpc) is 2.90. The number of allylic oxidation sites excluding steroid dienone is 5. The third kappa shape index (κ3) is 4.21. The predicted molar refractivity (Wildman–Crippen MR) is 150 cm³/mol. The molecule has 2 unspecified atom stereocenters. The van der Waals surface area contributed by atoms with Gasteiger partial charge in [0.2, 0.25) is 0 Å². The fourth-order valence-electron chi connectivity index (χ4n) is 5.61. The zero-order valence-corrected chi connectivity index (χ0v) is 20.2. The lowest BCUT2D eigenvalue weighted by molar-refractivity contribution is 0.302. The van der Waals surface area contributed by atoms with Gasteiger partial charge in [-0.1, -0.05) is 121 Å². The molecule has 0 amide bonds. The molecule has 0 saturated heterocycles. The van der Waals surface area contributed by atoms with Crippen molar-refractivity contribution >= 4 is 11.6 Å². The van der Waals surface area contributed by atoms with Crippen LogP contribution in [0, 0.1) is 5.92 Å². The molecule has 2 aliphatic rings. The smallest absolute Gasteiger partial charge is 0.00869 e. The fourth-order valence-corrected chi connectivity index (χ4v) is 5.61. The van der Waals surface area contributed by atoms with Crippen molar-refractivity contribution in [3.05, 3.63) is 144 Å². The van der Waals surface area contributed by atoms with E-state index in [4.69, 9.17) is 0 Å². The van der Waals surface area contributed by atoms with Gasteiger partial charge in [0.15, 0.2) is 0 Å². The van der Waals surface area contributed by atoms with Gasteiger partial charge in [0.05, 0.1) is 0 Å². The zero-order chi connectivity index (χ0) is 23.6. The van der Waals surface area contributed by atoms with Crippen molar-refractivity contribution in [2.24, 2.45) is 5.92 Å².